The smallest absolute Gasteiger partial charge is 0.244 e. The van der Waals surface area contributed by atoms with Gasteiger partial charge >= 0.3 is 0 Å². The predicted molar refractivity (Wildman–Crippen MR) is 103 cm³/mol. The third-order valence-electron chi connectivity index (χ3n) is 4.57. The summed E-state index contributed by atoms with van der Waals surface area (Å²) in [5.74, 6) is -0.0643. The van der Waals surface area contributed by atoms with Gasteiger partial charge < -0.3 is 5.32 Å². The number of aryl methyl sites for hydroxylation is 1. The van der Waals surface area contributed by atoms with Crippen LogP contribution in [-0.4, -0.2) is 23.9 Å². The van der Waals surface area contributed by atoms with Crippen LogP contribution in [0.3, 0.4) is 0 Å². The van der Waals surface area contributed by atoms with E-state index in [4.69, 9.17) is 0 Å². The van der Waals surface area contributed by atoms with Crippen molar-refractivity contribution in [2.24, 2.45) is 0 Å². The topological polar surface area (TPSA) is 32.3 Å². The normalized spacial score (nSPS) is 14.9. The number of carbonyl (C=O) groups is 1. The fourth-order valence-electron chi connectivity index (χ4n) is 3.13. The molecule has 1 aliphatic rings. The van der Waals surface area contributed by atoms with Crippen LogP contribution < -0.4 is 5.32 Å². The number of hydrogen-bond acceptors (Lipinski definition) is 2. The maximum atomic E-state index is 12.0. The predicted octanol–water partition coefficient (Wildman–Crippen LogP) is 3.92. The molecule has 1 heterocycles. The third kappa shape index (κ3) is 5.57. The van der Waals surface area contributed by atoms with E-state index >= 15 is 0 Å². The molecule has 2 aromatic rings. The first-order chi connectivity index (χ1) is 12.2. The summed E-state index contributed by atoms with van der Waals surface area (Å²) in [5, 5.41) is 2.96. The number of rotatable bonds is 6. The van der Waals surface area contributed by atoms with Crippen LogP contribution >= 0.6 is 0 Å². The maximum Gasteiger partial charge on any atom is 0.244 e. The van der Waals surface area contributed by atoms with Crippen LogP contribution in [0.15, 0.2) is 54.6 Å². The van der Waals surface area contributed by atoms with Crippen LogP contribution in [0.5, 0.6) is 0 Å². The van der Waals surface area contributed by atoms with Crippen LogP contribution in [0.1, 0.15) is 35.1 Å². The summed E-state index contributed by atoms with van der Waals surface area (Å²) >= 11 is 0. The Morgan fingerprint density at radius 3 is 2.56 bits per heavy atom. The van der Waals surface area contributed by atoms with E-state index in [1.54, 1.807) is 6.08 Å². The molecule has 3 nitrogen and oxygen atoms in total. The van der Waals surface area contributed by atoms with Crippen molar-refractivity contribution in [3.63, 3.8) is 0 Å². The van der Waals surface area contributed by atoms with Crippen molar-refractivity contribution >= 4 is 12.0 Å². The second-order valence-electron chi connectivity index (χ2n) is 6.77. The van der Waals surface area contributed by atoms with Gasteiger partial charge in [-0.2, -0.15) is 0 Å². The summed E-state index contributed by atoms with van der Waals surface area (Å²) in [7, 11) is 0. The van der Waals surface area contributed by atoms with Gasteiger partial charge in [-0.3, -0.25) is 9.69 Å². The largest absolute Gasteiger partial charge is 0.348 e. The van der Waals surface area contributed by atoms with Crippen molar-refractivity contribution in [1.82, 2.24) is 10.2 Å². The Bertz CT molecular complexity index is 728. The lowest BCUT2D eigenvalue weighted by molar-refractivity contribution is -0.116. The lowest BCUT2D eigenvalue weighted by Crippen LogP contribution is -2.21. The van der Waals surface area contributed by atoms with Gasteiger partial charge in [-0.05, 0) is 55.6 Å². The van der Waals surface area contributed by atoms with E-state index in [0.29, 0.717) is 6.54 Å². The van der Waals surface area contributed by atoms with Crippen LogP contribution in [-0.2, 0) is 17.9 Å². The number of nitrogens with zero attached hydrogens (tertiary/aromatic N) is 1. The number of amides is 1. The second-order valence-corrected chi connectivity index (χ2v) is 6.77. The first kappa shape index (κ1) is 17.4. The van der Waals surface area contributed by atoms with Crippen LogP contribution in [0.4, 0.5) is 0 Å². The molecule has 1 fully saturated rings. The number of likely N-dealkylation sites (tertiary alicyclic amines) is 1. The zero-order valence-corrected chi connectivity index (χ0v) is 14.9. The minimum absolute atomic E-state index is 0.0643. The fraction of sp³-hybridized carbons (Fsp3) is 0.318. The zero-order chi connectivity index (χ0) is 17.5. The minimum Gasteiger partial charge on any atom is -0.348 e. The number of carbonyl (C=O) groups excluding carboxylic acids is 1. The van der Waals surface area contributed by atoms with Gasteiger partial charge in [0.25, 0.3) is 0 Å². The van der Waals surface area contributed by atoms with Gasteiger partial charge in [0.05, 0.1) is 0 Å². The molecule has 0 aliphatic carbocycles. The summed E-state index contributed by atoms with van der Waals surface area (Å²) in [6, 6.07) is 16.6. The average Bonchev–Trinajstić information content (AvgIpc) is 3.13. The van der Waals surface area contributed by atoms with E-state index in [1.165, 1.54) is 37.1 Å². The van der Waals surface area contributed by atoms with E-state index < -0.39 is 0 Å². The Balaban J connectivity index is 1.50. The highest BCUT2D eigenvalue weighted by molar-refractivity contribution is 5.91. The summed E-state index contributed by atoms with van der Waals surface area (Å²) < 4.78 is 0. The van der Waals surface area contributed by atoms with Gasteiger partial charge in [0, 0.05) is 19.2 Å². The lowest BCUT2D eigenvalue weighted by Gasteiger charge is -2.15. The average molecular weight is 334 g/mol. The van der Waals surface area contributed by atoms with E-state index in [1.807, 2.05) is 30.3 Å². The Labute approximate surface area is 150 Å². The highest BCUT2D eigenvalue weighted by Crippen LogP contribution is 2.14. The standard InChI is InChI=1S/C22H26N2O/c1-18-7-9-19(10-8-18)11-12-22(25)23-16-20-5-4-6-21(15-20)17-24-13-2-3-14-24/h4-12,15H,2-3,13-14,16-17H2,1H3,(H,23,25)/b12-11+. The van der Waals surface area contributed by atoms with Crippen LogP contribution in [0.2, 0.25) is 0 Å². The third-order valence-corrected chi connectivity index (χ3v) is 4.57. The van der Waals surface area contributed by atoms with Crippen LogP contribution in [0, 0.1) is 6.92 Å². The van der Waals surface area contributed by atoms with Crippen molar-refractivity contribution in [2.75, 3.05) is 13.1 Å². The Kier molecular flexibility index (Phi) is 6.02. The van der Waals surface area contributed by atoms with Crippen molar-refractivity contribution < 1.29 is 4.79 Å². The highest BCUT2D eigenvalue weighted by Gasteiger charge is 2.11. The summed E-state index contributed by atoms with van der Waals surface area (Å²) in [6.07, 6.45) is 6.06. The van der Waals surface area contributed by atoms with Gasteiger partial charge in [-0.15, -0.1) is 0 Å². The Hall–Kier alpha value is -2.39. The molecule has 1 N–H and O–H groups in total. The molecule has 0 spiro atoms. The maximum absolute atomic E-state index is 12.0. The molecule has 3 heteroatoms. The summed E-state index contributed by atoms with van der Waals surface area (Å²) in [4.78, 5) is 14.5. The van der Waals surface area contributed by atoms with E-state index in [9.17, 15) is 4.79 Å². The van der Waals surface area contributed by atoms with Gasteiger partial charge in [0.1, 0.15) is 0 Å². The molecular formula is C22H26N2O. The molecule has 0 radical (unpaired) electrons. The van der Waals surface area contributed by atoms with Crippen molar-refractivity contribution in [1.29, 1.82) is 0 Å². The molecule has 1 aliphatic heterocycles. The molecular weight excluding hydrogens is 308 g/mol. The monoisotopic (exact) mass is 334 g/mol. The lowest BCUT2D eigenvalue weighted by atomic mass is 10.1. The van der Waals surface area contributed by atoms with Gasteiger partial charge in [0.15, 0.2) is 0 Å². The van der Waals surface area contributed by atoms with E-state index in [0.717, 1.165) is 17.7 Å². The minimum atomic E-state index is -0.0643. The second kappa shape index (κ2) is 8.63. The zero-order valence-electron chi connectivity index (χ0n) is 14.9. The molecule has 0 aromatic heterocycles. The SMILES string of the molecule is Cc1ccc(/C=C/C(=O)NCc2cccc(CN3CCCC3)c2)cc1. The Morgan fingerprint density at radius 2 is 1.80 bits per heavy atom. The number of nitrogens with one attached hydrogen (secondary N) is 1. The molecule has 25 heavy (non-hydrogen) atoms. The first-order valence-corrected chi connectivity index (χ1v) is 9.02. The van der Waals surface area contributed by atoms with Crippen LogP contribution in [0.25, 0.3) is 6.08 Å². The van der Waals surface area contributed by atoms with E-state index in [2.05, 4.69) is 41.4 Å². The molecule has 1 saturated heterocycles. The molecule has 1 amide bonds. The molecule has 0 saturated carbocycles. The van der Waals surface area contributed by atoms with Gasteiger partial charge in [-0.25, -0.2) is 0 Å². The molecule has 0 unspecified atom stereocenters. The first-order valence-electron chi connectivity index (χ1n) is 9.02. The van der Waals surface area contributed by atoms with Crippen molar-refractivity contribution in [2.45, 2.75) is 32.9 Å². The quantitative estimate of drug-likeness (QED) is 0.812. The molecule has 130 valence electrons. The van der Waals surface area contributed by atoms with E-state index in [-0.39, 0.29) is 5.91 Å². The van der Waals surface area contributed by atoms with Crippen molar-refractivity contribution in [3.8, 4) is 0 Å². The highest BCUT2D eigenvalue weighted by atomic mass is 16.1. The molecule has 3 rings (SSSR count). The Morgan fingerprint density at radius 1 is 1.08 bits per heavy atom. The summed E-state index contributed by atoms with van der Waals surface area (Å²) in [5.41, 5.74) is 4.72. The van der Waals surface area contributed by atoms with Crippen molar-refractivity contribution in [3.05, 3.63) is 76.9 Å². The fourth-order valence-corrected chi connectivity index (χ4v) is 3.13. The molecule has 0 atom stereocenters. The van der Waals surface area contributed by atoms with Gasteiger partial charge in [0.2, 0.25) is 5.91 Å². The number of benzene rings is 2. The van der Waals surface area contributed by atoms with Gasteiger partial charge in [-0.1, -0.05) is 54.1 Å². The molecule has 0 bridgehead atoms. The molecule has 2 aromatic carbocycles. The number of hydrogen-bond donors (Lipinski definition) is 1. The summed E-state index contributed by atoms with van der Waals surface area (Å²) in [6.45, 7) is 6.02.